The Hall–Kier alpha value is -1.40. The van der Waals surface area contributed by atoms with Crippen LogP contribution in [0, 0.1) is 0 Å². The smallest absolute Gasteiger partial charge is 0.310 e. The molecule has 1 aromatic carbocycles. The minimum Gasteiger partial charge on any atom is -0.310 e. The van der Waals surface area contributed by atoms with Gasteiger partial charge in [-0.15, -0.1) is 11.8 Å². The van der Waals surface area contributed by atoms with Crippen molar-refractivity contribution in [3.8, 4) is 0 Å². The van der Waals surface area contributed by atoms with Gasteiger partial charge in [-0.05, 0) is 30.5 Å². The Morgan fingerprint density at radius 2 is 2.24 bits per heavy atom. The molecule has 0 spiro atoms. The summed E-state index contributed by atoms with van der Waals surface area (Å²) in [6.07, 6.45) is 5.27. The minimum atomic E-state index is -2.53. The first-order valence-corrected chi connectivity index (χ1v) is 7.96. The SMILES string of the molecule is FC(F)n1ccnc1CSc1cccc(CNC2CC2)c1. The van der Waals surface area contributed by atoms with Crippen molar-refractivity contribution in [2.24, 2.45) is 0 Å². The first-order chi connectivity index (χ1) is 10.2. The average Bonchev–Trinajstić information content (AvgIpc) is 3.19. The molecule has 0 bridgehead atoms. The molecule has 0 aliphatic heterocycles. The average molecular weight is 309 g/mol. The molecule has 0 amide bonds. The largest absolute Gasteiger partial charge is 0.319 e. The molecule has 1 fully saturated rings. The van der Waals surface area contributed by atoms with Crippen molar-refractivity contribution in [3.63, 3.8) is 0 Å². The number of thioether (sulfide) groups is 1. The number of rotatable bonds is 7. The first kappa shape index (κ1) is 14.5. The molecule has 1 aliphatic rings. The lowest BCUT2D eigenvalue weighted by atomic mass is 10.2. The molecule has 112 valence electrons. The Morgan fingerprint density at radius 1 is 1.38 bits per heavy atom. The molecule has 6 heteroatoms. The summed E-state index contributed by atoms with van der Waals surface area (Å²) in [5, 5.41) is 3.47. The second kappa shape index (κ2) is 6.58. The Morgan fingerprint density at radius 3 is 3.00 bits per heavy atom. The van der Waals surface area contributed by atoms with Crippen LogP contribution in [0.3, 0.4) is 0 Å². The molecule has 0 saturated heterocycles. The topological polar surface area (TPSA) is 29.9 Å². The lowest BCUT2D eigenvalue weighted by Crippen LogP contribution is -2.15. The zero-order chi connectivity index (χ0) is 14.7. The maximum atomic E-state index is 12.7. The van der Waals surface area contributed by atoms with Crippen molar-refractivity contribution in [2.75, 3.05) is 0 Å². The fourth-order valence-corrected chi connectivity index (χ4v) is 3.01. The lowest BCUT2D eigenvalue weighted by Gasteiger charge is -2.08. The van der Waals surface area contributed by atoms with Crippen molar-refractivity contribution in [1.29, 1.82) is 0 Å². The summed E-state index contributed by atoms with van der Waals surface area (Å²) >= 11 is 1.53. The van der Waals surface area contributed by atoms with Crippen molar-refractivity contribution >= 4 is 11.8 Å². The monoisotopic (exact) mass is 309 g/mol. The highest BCUT2D eigenvalue weighted by Gasteiger charge is 2.19. The van der Waals surface area contributed by atoms with Gasteiger partial charge in [-0.3, -0.25) is 4.57 Å². The van der Waals surface area contributed by atoms with Gasteiger partial charge < -0.3 is 5.32 Å². The number of nitrogens with one attached hydrogen (secondary N) is 1. The summed E-state index contributed by atoms with van der Waals surface area (Å²) in [5.41, 5.74) is 1.23. The van der Waals surface area contributed by atoms with Crippen LogP contribution in [0.5, 0.6) is 0 Å². The van der Waals surface area contributed by atoms with Gasteiger partial charge in [0.25, 0.3) is 0 Å². The van der Waals surface area contributed by atoms with E-state index in [9.17, 15) is 8.78 Å². The van der Waals surface area contributed by atoms with Gasteiger partial charge in [-0.2, -0.15) is 8.78 Å². The van der Waals surface area contributed by atoms with E-state index in [-0.39, 0.29) is 0 Å². The maximum Gasteiger partial charge on any atom is 0.319 e. The van der Waals surface area contributed by atoms with E-state index in [4.69, 9.17) is 0 Å². The van der Waals surface area contributed by atoms with E-state index in [2.05, 4.69) is 22.4 Å². The summed E-state index contributed by atoms with van der Waals surface area (Å²) in [6.45, 7) is -1.66. The Labute approximate surface area is 126 Å². The molecule has 1 aromatic heterocycles. The highest BCUT2D eigenvalue weighted by atomic mass is 32.2. The third-order valence-electron chi connectivity index (χ3n) is 3.40. The van der Waals surface area contributed by atoms with Gasteiger partial charge in [0.1, 0.15) is 5.82 Å². The van der Waals surface area contributed by atoms with E-state index in [1.165, 1.54) is 42.6 Å². The first-order valence-electron chi connectivity index (χ1n) is 6.97. The zero-order valence-electron chi connectivity index (χ0n) is 11.5. The van der Waals surface area contributed by atoms with Crippen LogP contribution in [0.15, 0.2) is 41.6 Å². The number of hydrogen-bond acceptors (Lipinski definition) is 3. The molecule has 3 rings (SSSR count). The van der Waals surface area contributed by atoms with E-state index in [1.54, 1.807) is 0 Å². The number of benzene rings is 1. The van der Waals surface area contributed by atoms with Crippen LogP contribution in [0.2, 0.25) is 0 Å². The molecule has 1 saturated carbocycles. The summed E-state index contributed by atoms with van der Waals surface area (Å²) in [6, 6.07) is 8.88. The van der Waals surface area contributed by atoms with Crippen LogP contribution in [-0.4, -0.2) is 15.6 Å². The molecule has 0 unspecified atom stereocenters. The predicted octanol–water partition coefficient (Wildman–Crippen LogP) is 3.82. The number of halogens is 2. The minimum absolute atomic E-state index is 0.400. The van der Waals surface area contributed by atoms with Gasteiger partial charge in [0.05, 0.1) is 5.75 Å². The van der Waals surface area contributed by atoms with Gasteiger partial charge >= 0.3 is 6.55 Å². The fraction of sp³-hybridized carbons (Fsp3) is 0.400. The van der Waals surface area contributed by atoms with Crippen LogP contribution in [0.25, 0.3) is 0 Å². The number of aromatic nitrogens is 2. The number of imidazole rings is 1. The summed E-state index contributed by atoms with van der Waals surface area (Å²) in [5.74, 6) is 0.841. The molecule has 0 radical (unpaired) electrons. The zero-order valence-corrected chi connectivity index (χ0v) is 12.3. The van der Waals surface area contributed by atoms with Gasteiger partial charge in [0, 0.05) is 29.9 Å². The molecular formula is C15H17F2N3S. The molecule has 21 heavy (non-hydrogen) atoms. The van der Waals surface area contributed by atoms with Crippen molar-refractivity contribution < 1.29 is 8.78 Å². The fourth-order valence-electron chi connectivity index (χ4n) is 2.08. The van der Waals surface area contributed by atoms with E-state index in [0.717, 1.165) is 16.0 Å². The molecule has 2 aromatic rings. The van der Waals surface area contributed by atoms with Crippen molar-refractivity contribution in [2.45, 2.75) is 42.6 Å². The maximum absolute atomic E-state index is 12.7. The Balaban J connectivity index is 1.59. The molecule has 1 heterocycles. The van der Waals surface area contributed by atoms with Crippen LogP contribution in [-0.2, 0) is 12.3 Å². The third kappa shape index (κ3) is 4.04. The van der Waals surface area contributed by atoms with E-state index in [0.29, 0.717) is 17.6 Å². The van der Waals surface area contributed by atoms with E-state index < -0.39 is 6.55 Å². The van der Waals surface area contributed by atoms with Crippen molar-refractivity contribution in [3.05, 3.63) is 48.0 Å². The number of nitrogens with zero attached hydrogens (tertiary/aromatic N) is 2. The third-order valence-corrected chi connectivity index (χ3v) is 4.39. The predicted molar refractivity (Wildman–Crippen MR) is 79.3 cm³/mol. The normalized spacial score (nSPS) is 14.8. The molecular weight excluding hydrogens is 292 g/mol. The Bertz CT molecular complexity index is 596. The number of alkyl halides is 2. The molecule has 0 atom stereocenters. The second-order valence-electron chi connectivity index (χ2n) is 5.12. The number of hydrogen-bond donors (Lipinski definition) is 1. The quantitative estimate of drug-likeness (QED) is 0.789. The van der Waals surface area contributed by atoms with Gasteiger partial charge in [-0.25, -0.2) is 4.98 Å². The molecule has 3 nitrogen and oxygen atoms in total. The second-order valence-corrected chi connectivity index (χ2v) is 6.17. The standard InChI is InChI=1S/C15H17F2N3S/c16-15(17)20-7-6-18-14(20)10-21-13-3-1-2-11(8-13)9-19-12-4-5-12/h1-3,6-8,12,15,19H,4-5,9-10H2. The summed E-state index contributed by atoms with van der Waals surface area (Å²) in [4.78, 5) is 5.07. The van der Waals surface area contributed by atoms with Gasteiger partial charge in [0.15, 0.2) is 0 Å². The highest BCUT2D eigenvalue weighted by molar-refractivity contribution is 7.98. The van der Waals surface area contributed by atoms with Crippen LogP contribution >= 0.6 is 11.8 Å². The molecule has 1 N–H and O–H groups in total. The van der Waals surface area contributed by atoms with Crippen LogP contribution in [0.4, 0.5) is 8.78 Å². The van der Waals surface area contributed by atoms with Crippen LogP contribution < -0.4 is 5.32 Å². The van der Waals surface area contributed by atoms with Gasteiger partial charge in [-0.1, -0.05) is 12.1 Å². The van der Waals surface area contributed by atoms with E-state index >= 15 is 0 Å². The van der Waals surface area contributed by atoms with Gasteiger partial charge in [0.2, 0.25) is 0 Å². The lowest BCUT2D eigenvalue weighted by molar-refractivity contribution is 0.0678. The van der Waals surface area contributed by atoms with Crippen molar-refractivity contribution in [1.82, 2.24) is 14.9 Å². The van der Waals surface area contributed by atoms with Crippen LogP contribution in [0.1, 0.15) is 30.8 Å². The Kier molecular flexibility index (Phi) is 4.55. The summed E-state index contributed by atoms with van der Waals surface area (Å²) < 4.78 is 26.4. The molecule has 1 aliphatic carbocycles. The summed E-state index contributed by atoms with van der Waals surface area (Å²) in [7, 11) is 0. The highest BCUT2D eigenvalue weighted by Crippen LogP contribution is 2.25. The van der Waals surface area contributed by atoms with E-state index in [1.807, 2.05) is 12.1 Å².